The van der Waals surface area contributed by atoms with Crippen LogP contribution in [0.5, 0.6) is 0 Å². The molecule has 0 aliphatic carbocycles. The fraction of sp³-hybridized carbons (Fsp3) is 0.200. The minimum atomic E-state index is -3.75. The lowest BCUT2D eigenvalue weighted by Crippen LogP contribution is -2.32. The zero-order valence-corrected chi connectivity index (χ0v) is 13.2. The number of nitrogens with one attached hydrogen (secondary N) is 1. The van der Waals surface area contributed by atoms with Crippen LogP contribution >= 0.6 is 0 Å². The number of nitrogens with two attached hydrogens (primary N) is 1. The summed E-state index contributed by atoms with van der Waals surface area (Å²) in [6.45, 7) is 1.81. The Kier molecular flexibility index (Phi) is 4.97. The monoisotopic (exact) mass is 335 g/mol. The van der Waals surface area contributed by atoms with Crippen molar-refractivity contribution in [1.29, 1.82) is 0 Å². The molecule has 0 unspecified atom stereocenters. The van der Waals surface area contributed by atoms with E-state index in [0.717, 1.165) is 5.56 Å². The number of aromatic nitrogens is 1. The molecule has 0 amide bonds. The van der Waals surface area contributed by atoms with E-state index in [0.29, 0.717) is 11.3 Å². The molecule has 23 heavy (non-hydrogen) atoms. The van der Waals surface area contributed by atoms with E-state index in [-0.39, 0.29) is 11.3 Å². The van der Waals surface area contributed by atoms with Crippen LogP contribution in [0.25, 0.3) is 0 Å². The van der Waals surface area contributed by atoms with E-state index >= 15 is 0 Å². The van der Waals surface area contributed by atoms with Gasteiger partial charge < -0.3 is 10.8 Å². The van der Waals surface area contributed by atoms with Crippen molar-refractivity contribution >= 4 is 21.7 Å². The Morgan fingerprint density at radius 2 is 2.13 bits per heavy atom. The van der Waals surface area contributed by atoms with Crippen molar-refractivity contribution < 1.29 is 18.3 Å². The molecule has 122 valence electrons. The largest absolute Gasteiger partial charge is 0.480 e. The Hall–Kier alpha value is -2.45. The first-order valence-electron chi connectivity index (χ1n) is 6.80. The quantitative estimate of drug-likeness (QED) is 0.727. The maximum absolute atomic E-state index is 12.3. The molecule has 8 heteroatoms. The summed E-state index contributed by atoms with van der Waals surface area (Å²) in [4.78, 5) is 14.7. The molecule has 0 saturated heterocycles. The molecule has 0 saturated carbocycles. The smallest absolute Gasteiger partial charge is 0.320 e. The summed E-state index contributed by atoms with van der Waals surface area (Å²) in [6, 6.07) is 6.83. The van der Waals surface area contributed by atoms with Crippen LogP contribution in [-0.4, -0.2) is 30.5 Å². The Morgan fingerprint density at radius 3 is 2.74 bits per heavy atom. The minimum absolute atomic E-state index is 0.0457. The number of anilines is 1. The van der Waals surface area contributed by atoms with E-state index in [9.17, 15) is 13.2 Å². The lowest BCUT2D eigenvalue weighted by Gasteiger charge is -2.13. The maximum Gasteiger partial charge on any atom is 0.320 e. The number of carboxylic acids is 1. The van der Waals surface area contributed by atoms with Gasteiger partial charge in [-0.3, -0.25) is 14.5 Å². The van der Waals surface area contributed by atoms with E-state index in [2.05, 4.69) is 9.71 Å². The molecule has 1 aromatic heterocycles. The van der Waals surface area contributed by atoms with Crippen LogP contribution in [0.3, 0.4) is 0 Å². The Labute approximate surface area is 134 Å². The molecule has 0 aliphatic heterocycles. The van der Waals surface area contributed by atoms with Gasteiger partial charge >= 0.3 is 5.97 Å². The second-order valence-corrected chi connectivity index (χ2v) is 6.77. The Bertz CT molecular complexity index is 807. The van der Waals surface area contributed by atoms with Crippen molar-refractivity contribution in [2.75, 3.05) is 4.72 Å². The zero-order valence-electron chi connectivity index (χ0n) is 12.4. The van der Waals surface area contributed by atoms with Crippen LogP contribution in [0, 0.1) is 6.92 Å². The van der Waals surface area contributed by atoms with Crippen molar-refractivity contribution in [3.63, 3.8) is 0 Å². The van der Waals surface area contributed by atoms with E-state index < -0.39 is 22.0 Å². The molecule has 7 nitrogen and oxygen atoms in total. The first-order valence-corrected chi connectivity index (χ1v) is 8.28. The number of carbonyl (C=O) groups is 1. The van der Waals surface area contributed by atoms with Crippen LogP contribution in [0.1, 0.15) is 11.1 Å². The lowest BCUT2D eigenvalue weighted by atomic mass is 10.0. The summed E-state index contributed by atoms with van der Waals surface area (Å²) >= 11 is 0. The van der Waals surface area contributed by atoms with Gasteiger partial charge in [-0.05, 0) is 48.7 Å². The summed E-state index contributed by atoms with van der Waals surface area (Å²) in [5.74, 6) is -1.11. The second-order valence-electron chi connectivity index (χ2n) is 5.08. The van der Waals surface area contributed by atoms with Gasteiger partial charge in [0.2, 0.25) is 0 Å². The van der Waals surface area contributed by atoms with Crippen molar-refractivity contribution in [2.45, 2.75) is 24.3 Å². The van der Waals surface area contributed by atoms with Crippen LogP contribution in [0.15, 0.2) is 47.6 Å². The van der Waals surface area contributed by atoms with Gasteiger partial charge in [-0.1, -0.05) is 6.07 Å². The predicted octanol–water partition coefficient (Wildman–Crippen LogP) is 1.15. The van der Waals surface area contributed by atoms with E-state index in [1.807, 2.05) is 6.92 Å². The van der Waals surface area contributed by atoms with Crippen molar-refractivity contribution in [3.05, 3.63) is 53.9 Å². The Balaban J connectivity index is 2.26. The van der Waals surface area contributed by atoms with Gasteiger partial charge in [0.1, 0.15) is 10.9 Å². The summed E-state index contributed by atoms with van der Waals surface area (Å²) in [5.41, 5.74) is 7.39. The van der Waals surface area contributed by atoms with Gasteiger partial charge in [0.25, 0.3) is 10.0 Å². The fourth-order valence-corrected chi connectivity index (χ4v) is 3.01. The normalized spacial score (nSPS) is 12.6. The third kappa shape index (κ3) is 4.27. The van der Waals surface area contributed by atoms with Crippen molar-refractivity contribution in [2.24, 2.45) is 5.73 Å². The minimum Gasteiger partial charge on any atom is -0.480 e. The van der Waals surface area contributed by atoms with E-state index in [1.54, 1.807) is 18.2 Å². The Morgan fingerprint density at radius 1 is 1.39 bits per heavy atom. The number of benzene rings is 1. The van der Waals surface area contributed by atoms with Gasteiger partial charge in [-0.2, -0.15) is 0 Å². The van der Waals surface area contributed by atoms with Crippen LogP contribution in [0.2, 0.25) is 0 Å². The number of carboxylic acid groups (broad SMARTS) is 1. The predicted molar refractivity (Wildman–Crippen MR) is 85.5 cm³/mol. The summed E-state index contributed by atoms with van der Waals surface area (Å²) in [5, 5.41) is 8.90. The summed E-state index contributed by atoms with van der Waals surface area (Å²) in [6.07, 6.45) is 2.84. The van der Waals surface area contributed by atoms with Crippen LogP contribution in [-0.2, 0) is 21.2 Å². The topological polar surface area (TPSA) is 122 Å². The van der Waals surface area contributed by atoms with Gasteiger partial charge in [0.05, 0.1) is 0 Å². The number of pyridine rings is 1. The fourth-order valence-electron chi connectivity index (χ4n) is 2.00. The molecule has 0 radical (unpaired) electrons. The zero-order chi connectivity index (χ0) is 17.0. The van der Waals surface area contributed by atoms with Gasteiger partial charge in [-0.25, -0.2) is 8.42 Å². The summed E-state index contributed by atoms with van der Waals surface area (Å²) < 4.78 is 27.0. The standard InChI is InChI=1S/C15H17N3O4S/c1-10-4-5-12(7-11(10)8-14(16)15(19)20)18-23(21,22)13-3-2-6-17-9-13/h2-7,9,14,18H,8,16H2,1H3,(H,19,20)/t14-/m0/s1. The van der Waals surface area contributed by atoms with Crippen LogP contribution in [0.4, 0.5) is 5.69 Å². The first kappa shape index (κ1) is 16.9. The molecule has 1 aromatic carbocycles. The highest BCUT2D eigenvalue weighted by Crippen LogP contribution is 2.20. The van der Waals surface area contributed by atoms with Crippen molar-refractivity contribution in [1.82, 2.24) is 4.98 Å². The third-order valence-electron chi connectivity index (χ3n) is 3.30. The number of aliphatic carboxylic acids is 1. The number of hydrogen-bond acceptors (Lipinski definition) is 5. The number of nitrogens with zero attached hydrogens (tertiary/aromatic N) is 1. The number of sulfonamides is 1. The highest BCUT2D eigenvalue weighted by Gasteiger charge is 2.17. The molecule has 4 N–H and O–H groups in total. The molecular formula is C15H17N3O4S. The van der Waals surface area contributed by atoms with E-state index in [1.165, 1.54) is 24.5 Å². The average molecular weight is 335 g/mol. The molecule has 0 fully saturated rings. The number of aryl methyl sites for hydroxylation is 1. The molecule has 0 aliphatic rings. The lowest BCUT2D eigenvalue weighted by molar-refractivity contribution is -0.138. The molecule has 1 heterocycles. The molecule has 0 bridgehead atoms. The molecule has 2 aromatic rings. The first-order chi connectivity index (χ1) is 10.8. The number of rotatable bonds is 6. The SMILES string of the molecule is Cc1ccc(NS(=O)(=O)c2cccnc2)cc1C[C@H](N)C(=O)O. The highest BCUT2D eigenvalue weighted by molar-refractivity contribution is 7.92. The second kappa shape index (κ2) is 6.76. The molecular weight excluding hydrogens is 318 g/mol. The van der Waals surface area contributed by atoms with Crippen molar-refractivity contribution in [3.8, 4) is 0 Å². The average Bonchev–Trinajstić information content (AvgIpc) is 2.51. The third-order valence-corrected chi connectivity index (χ3v) is 4.67. The molecule has 1 atom stereocenters. The van der Waals surface area contributed by atoms with Crippen LogP contribution < -0.4 is 10.5 Å². The molecule has 0 spiro atoms. The van der Waals surface area contributed by atoms with Gasteiger partial charge in [0, 0.05) is 18.1 Å². The number of hydrogen-bond donors (Lipinski definition) is 3. The van der Waals surface area contributed by atoms with Gasteiger partial charge in [-0.15, -0.1) is 0 Å². The highest BCUT2D eigenvalue weighted by atomic mass is 32.2. The maximum atomic E-state index is 12.3. The van der Waals surface area contributed by atoms with E-state index in [4.69, 9.17) is 10.8 Å². The summed E-state index contributed by atoms with van der Waals surface area (Å²) in [7, 11) is -3.75. The van der Waals surface area contributed by atoms with Gasteiger partial charge in [0.15, 0.2) is 0 Å². The molecule has 2 rings (SSSR count).